The van der Waals surface area contributed by atoms with E-state index in [9.17, 15) is 0 Å². The van der Waals surface area contributed by atoms with Crippen LogP contribution < -0.4 is 0 Å². The van der Waals surface area contributed by atoms with Gasteiger partial charge in [-0.25, -0.2) is 9.97 Å². The highest BCUT2D eigenvalue weighted by atomic mass is 35.5. The molecular weight excluding hydrogens is 256 g/mol. The number of rotatable bonds is 1. The maximum atomic E-state index is 6.25. The molecular formula is C16H13ClN2. The maximum absolute atomic E-state index is 6.25. The molecule has 0 atom stereocenters. The van der Waals surface area contributed by atoms with Crippen LogP contribution in [0.5, 0.6) is 0 Å². The van der Waals surface area contributed by atoms with Crippen LogP contribution >= 0.6 is 11.6 Å². The Morgan fingerprint density at radius 1 is 0.947 bits per heavy atom. The smallest absolute Gasteiger partial charge is 0.161 e. The molecule has 3 heteroatoms. The summed E-state index contributed by atoms with van der Waals surface area (Å²) >= 11 is 6.25. The van der Waals surface area contributed by atoms with E-state index in [1.165, 1.54) is 5.56 Å². The van der Waals surface area contributed by atoms with Crippen molar-refractivity contribution in [3.8, 4) is 11.4 Å². The van der Waals surface area contributed by atoms with Crippen LogP contribution in [0.3, 0.4) is 0 Å². The van der Waals surface area contributed by atoms with Crippen LogP contribution in [-0.2, 0) is 0 Å². The predicted molar refractivity (Wildman–Crippen MR) is 79.5 cm³/mol. The Hall–Kier alpha value is -1.93. The number of hydrogen-bond donors (Lipinski definition) is 0. The second-order valence-corrected chi connectivity index (χ2v) is 5.03. The van der Waals surface area contributed by atoms with Gasteiger partial charge in [0.25, 0.3) is 0 Å². The van der Waals surface area contributed by atoms with Gasteiger partial charge >= 0.3 is 0 Å². The highest BCUT2D eigenvalue weighted by molar-refractivity contribution is 6.34. The second kappa shape index (κ2) is 4.63. The van der Waals surface area contributed by atoms with Crippen molar-refractivity contribution in [3.05, 3.63) is 58.7 Å². The van der Waals surface area contributed by atoms with Gasteiger partial charge < -0.3 is 0 Å². The summed E-state index contributed by atoms with van der Waals surface area (Å²) in [5, 5.41) is 1.39. The number of aryl methyl sites for hydroxylation is 2. The number of hydrogen-bond acceptors (Lipinski definition) is 2. The van der Waals surface area contributed by atoms with E-state index in [-0.39, 0.29) is 0 Å². The topological polar surface area (TPSA) is 25.8 Å². The van der Waals surface area contributed by atoms with Crippen molar-refractivity contribution in [2.45, 2.75) is 13.8 Å². The molecule has 0 bridgehead atoms. The van der Waals surface area contributed by atoms with Crippen LogP contribution in [0, 0.1) is 13.8 Å². The molecule has 0 unspecified atom stereocenters. The number of para-hydroxylation sites is 1. The molecule has 1 aromatic heterocycles. The summed E-state index contributed by atoms with van der Waals surface area (Å²) in [6, 6.07) is 14.0. The maximum Gasteiger partial charge on any atom is 0.161 e. The minimum absolute atomic E-state index is 0.501. The van der Waals surface area contributed by atoms with Gasteiger partial charge in [-0.2, -0.15) is 0 Å². The number of benzene rings is 2. The van der Waals surface area contributed by atoms with E-state index >= 15 is 0 Å². The fourth-order valence-electron chi connectivity index (χ4n) is 2.14. The van der Waals surface area contributed by atoms with E-state index in [0.717, 1.165) is 22.0 Å². The molecule has 94 valence electrons. The molecule has 3 aromatic rings. The Morgan fingerprint density at radius 3 is 2.58 bits per heavy atom. The van der Waals surface area contributed by atoms with Crippen LogP contribution in [0.2, 0.25) is 5.15 Å². The molecule has 0 saturated heterocycles. The first-order valence-electron chi connectivity index (χ1n) is 6.15. The first-order chi connectivity index (χ1) is 9.15. The summed E-state index contributed by atoms with van der Waals surface area (Å²) in [4.78, 5) is 9.04. The summed E-state index contributed by atoms with van der Waals surface area (Å²) in [6.07, 6.45) is 0. The lowest BCUT2D eigenvalue weighted by atomic mass is 10.0. The number of nitrogens with zero attached hydrogens (tertiary/aromatic N) is 2. The van der Waals surface area contributed by atoms with Crippen LogP contribution in [-0.4, -0.2) is 9.97 Å². The molecule has 0 saturated carbocycles. The summed E-state index contributed by atoms with van der Waals surface area (Å²) < 4.78 is 0. The van der Waals surface area contributed by atoms with E-state index in [0.29, 0.717) is 11.0 Å². The Balaban J connectivity index is 2.28. The third kappa shape index (κ3) is 2.20. The molecule has 0 aliphatic carbocycles. The quantitative estimate of drug-likeness (QED) is 0.604. The lowest BCUT2D eigenvalue weighted by molar-refractivity contribution is 1.21. The van der Waals surface area contributed by atoms with Gasteiger partial charge in [-0.15, -0.1) is 0 Å². The molecule has 3 rings (SSSR count). The number of fused-ring (bicyclic) bond motifs is 1. The van der Waals surface area contributed by atoms with Crippen molar-refractivity contribution in [2.75, 3.05) is 0 Å². The molecule has 0 amide bonds. The second-order valence-electron chi connectivity index (χ2n) is 4.67. The van der Waals surface area contributed by atoms with Crippen molar-refractivity contribution in [1.29, 1.82) is 0 Å². The monoisotopic (exact) mass is 268 g/mol. The summed E-state index contributed by atoms with van der Waals surface area (Å²) in [5.74, 6) is 0.685. The zero-order valence-corrected chi connectivity index (χ0v) is 11.6. The lowest BCUT2D eigenvalue weighted by Crippen LogP contribution is -1.94. The van der Waals surface area contributed by atoms with Crippen LogP contribution in [0.25, 0.3) is 22.3 Å². The fourth-order valence-corrected chi connectivity index (χ4v) is 2.37. The average molecular weight is 269 g/mol. The van der Waals surface area contributed by atoms with Crippen molar-refractivity contribution in [1.82, 2.24) is 9.97 Å². The van der Waals surface area contributed by atoms with Crippen molar-refractivity contribution in [2.24, 2.45) is 0 Å². The summed E-state index contributed by atoms with van der Waals surface area (Å²) in [5.41, 5.74) is 4.25. The molecule has 2 aromatic carbocycles. The lowest BCUT2D eigenvalue weighted by Gasteiger charge is -2.08. The predicted octanol–water partition coefficient (Wildman–Crippen LogP) is 4.57. The van der Waals surface area contributed by atoms with E-state index in [2.05, 4.69) is 42.0 Å². The molecule has 0 aliphatic heterocycles. The minimum Gasteiger partial charge on any atom is -0.228 e. The SMILES string of the molecule is Cc1ccc(C)c(-c2nc(Cl)c3ccccc3n2)c1. The van der Waals surface area contributed by atoms with Gasteiger partial charge in [-0.3, -0.25) is 0 Å². The number of aromatic nitrogens is 2. The largest absolute Gasteiger partial charge is 0.228 e. The minimum atomic E-state index is 0.501. The van der Waals surface area contributed by atoms with E-state index < -0.39 is 0 Å². The highest BCUT2D eigenvalue weighted by Crippen LogP contribution is 2.26. The molecule has 1 heterocycles. The van der Waals surface area contributed by atoms with Gasteiger partial charge in [0.05, 0.1) is 5.52 Å². The van der Waals surface area contributed by atoms with Gasteiger partial charge in [0.2, 0.25) is 0 Å². The summed E-state index contributed by atoms with van der Waals surface area (Å²) in [6.45, 7) is 4.12. The Labute approximate surface area is 117 Å². The third-order valence-electron chi connectivity index (χ3n) is 3.19. The molecule has 2 nitrogen and oxygen atoms in total. The van der Waals surface area contributed by atoms with Crippen LogP contribution in [0.4, 0.5) is 0 Å². The number of halogens is 1. The molecule has 0 spiro atoms. The first kappa shape index (κ1) is 12.1. The normalized spacial score (nSPS) is 10.9. The van der Waals surface area contributed by atoms with Gasteiger partial charge in [0.15, 0.2) is 5.82 Å². The molecule has 0 fully saturated rings. The van der Waals surface area contributed by atoms with Gasteiger partial charge in [0.1, 0.15) is 5.15 Å². The average Bonchev–Trinajstić information content (AvgIpc) is 2.41. The highest BCUT2D eigenvalue weighted by Gasteiger charge is 2.09. The Kier molecular flexibility index (Phi) is 2.96. The van der Waals surface area contributed by atoms with Gasteiger partial charge in [-0.05, 0) is 37.6 Å². The van der Waals surface area contributed by atoms with E-state index in [1.807, 2.05) is 24.3 Å². The zero-order valence-electron chi connectivity index (χ0n) is 10.8. The Morgan fingerprint density at radius 2 is 1.74 bits per heavy atom. The molecule has 0 aliphatic rings. The van der Waals surface area contributed by atoms with Crippen molar-refractivity contribution < 1.29 is 0 Å². The summed E-state index contributed by atoms with van der Waals surface area (Å²) in [7, 11) is 0. The van der Waals surface area contributed by atoms with Crippen LogP contribution in [0.15, 0.2) is 42.5 Å². The molecule has 0 N–H and O–H groups in total. The van der Waals surface area contributed by atoms with E-state index in [4.69, 9.17) is 11.6 Å². The third-order valence-corrected chi connectivity index (χ3v) is 3.48. The van der Waals surface area contributed by atoms with Gasteiger partial charge in [-0.1, -0.05) is 41.4 Å². The van der Waals surface area contributed by atoms with Crippen LogP contribution in [0.1, 0.15) is 11.1 Å². The zero-order chi connectivity index (χ0) is 13.4. The fraction of sp³-hybridized carbons (Fsp3) is 0.125. The molecule has 0 radical (unpaired) electrons. The van der Waals surface area contributed by atoms with Gasteiger partial charge in [0, 0.05) is 10.9 Å². The van der Waals surface area contributed by atoms with Crippen molar-refractivity contribution >= 4 is 22.5 Å². The van der Waals surface area contributed by atoms with E-state index in [1.54, 1.807) is 0 Å². The molecule has 19 heavy (non-hydrogen) atoms. The van der Waals surface area contributed by atoms with Crippen molar-refractivity contribution in [3.63, 3.8) is 0 Å². The Bertz CT molecular complexity index is 766. The standard InChI is InChI=1S/C16H13ClN2/c1-10-7-8-11(2)13(9-10)16-18-14-6-4-3-5-12(14)15(17)19-16/h3-9H,1-2H3. The first-order valence-corrected chi connectivity index (χ1v) is 6.53.